The summed E-state index contributed by atoms with van der Waals surface area (Å²) in [5.41, 5.74) is 0. The molecule has 0 aliphatic rings. The molecule has 240 valence electrons. The van der Waals surface area contributed by atoms with Gasteiger partial charge in [-0.3, -0.25) is 4.79 Å². The molecule has 0 fully saturated rings. The first-order valence-electron chi connectivity index (χ1n) is 18.8. The number of ether oxygens (including phenoxy) is 1. The molecule has 0 spiro atoms. The molecule has 0 N–H and O–H groups in total. The highest BCUT2D eigenvalue weighted by atomic mass is 16.5. The zero-order valence-electron chi connectivity index (χ0n) is 28.2. The van der Waals surface area contributed by atoms with E-state index < -0.39 is 0 Å². The van der Waals surface area contributed by atoms with Crippen LogP contribution >= 0.6 is 0 Å². The fourth-order valence-corrected chi connectivity index (χ4v) is 5.85. The molecule has 0 radical (unpaired) electrons. The van der Waals surface area contributed by atoms with Gasteiger partial charge in [0.1, 0.15) is 0 Å². The second-order valence-corrected chi connectivity index (χ2v) is 13.4. The Morgan fingerprint density at radius 2 is 0.725 bits per heavy atom. The summed E-state index contributed by atoms with van der Waals surface area (Å²) in [7, 11) is 0. The van der Waals surface area contributed by atoms with Crippen LogP contribution in [0.5, 0.6) is 0 Å². The molecular weight excluding hydrogens is 488 g/mol. The molecule has 2 nitrogen and oxygen atoms in total. The third kappa shape index (κ3) is 35.5. The van der Waals surface area contributed by atoms with Crippen LogP contribution in [0.3, 0.4) is 0 Å². The second kappa shape index (κ2) is 34.7. The highest BCUT2D eigenvalue weighted by molar-refractivity contribution is 5.69. The van der Waals surface area contributed by atoms with Gasteiger partial charge in [-0.1, -0.05) is 207 Å². The first kappa shape index (κ1) is 39.5. The highest BCUT2D eigenvalue weighted by Crippen LogP contribution is 2.16. The van der Waals surface area contributed by atoms with Crippen LogP contribution in [0, 0.1) is 5.92 Å². The summed E-state index contributed by atoms with van der Waals surface area (Å²) in [4.78, 5) is 11.9. The van der Waals surface area contributed by atoms with Crippen molar-refractivity contribution >= 4 is 5.97 Å². The largest absolute Gasteiger partial charge is 0.466 e. The van der Waals surface area contributed by atoms with E-state index in [-0.39, 0.29) is 5.97 Å². The molecule has 40 heavy (non-hydrogen) atoms. The van der Waals surface area contributed by atoms with Crippen LogP contribution in [0.4, 0.5) is 0 Å². The second-order valence-electron chi connectivity index (χ2n) is 13.4. The lowest BCUT2D eigenvalue weighted by molar-refractivity contribution is -0.143. The summed E-state index contributed by atoms with van der Waals surface area (Å²) < 4.78 is 5.45. The van der Waals surface area contributed by atoms with E-state index in [0.717, 1.165) is 18.8 Å². The number of hydrogen-bond donors (Lipinski definition) is 0. The fourth-order valence-electron chi connectivity index (χ4n) is 5.85. The first-order chi connectivity index (χ1) is 19.7. The van der Waals surface area contributed by atoms with E-state index in [1.807, 2.05) is 0 Å². The summed E-state index contributed by atoms with van der Waals surface area (Å²) in [6.45, 7) is 7.59. The summed E-state index contributed by atoms with van der Waals surface area (Å²) in [5, 5.41) is 0. The minimum absolute atomic E-state index is 0.0281. The molecule has 0 aromatic carbocycles. The lowest BCUT2D eigenvalue weighted by Crippen LogP contribution is -2.05. The molecule has 0 aromatic rings. The number of carbonyl (C=O) groups excluding carboxylic acids is 1. The average molecular weight is 565 g/mol. The molecular formula is C38H76O2. The summed E-state index contributed by atoms with van der Waals surface area (Å²) >= 11 is 0. The van der Waals surface area contributed by atoms with E-state index >= 15 is 0 Å². The molecule has 0 aliphatic heterocycles. The zero-order valence-corrected chi connectivity index (χ0v) is 28.2. The van der Waals surface area contributed by atoms with Crippen molar-refractivity contribution in [3.63, 3.8) is 0 Å². The monoisotopic (exact) mass is 565 g/mol. The molecule has 0 bridgehead atoms. The first-order valence-corrected chi connectivity index (χ1v) is 18.8. The number of carbonyl (C=O) groups is 1. The van der Waals surface area contributed by atoms with Crippen molar-refractivity contribution in [1.82, 2.24) is 0 Å². The Bertz CT molecular complexity index is 472. The van der Waals surface area contributed by atoms with Crippen molar-refractivity contribution in [2.24, 2.45) is 5.92 Å². The Hall–Kier alpha value is -0.530. The summed E-state index contributed by atoms with van der Waals surface area (Å²) in [6, 6.07) is 0. The lowest BCUT2D eigenvalue weighted by Gasteiger charge is -2.06. The van der Waals surface area contributed by atoms with Gasteiger partial charge in [0.15, 0.2) is 0 Å². The maximum Gasteiger partial charge on any atom is 0.305 e. The van der Waals surface area contributed by atoms with Crippen molar-refractivity contribution in [2.45, 2.75) is 226 Å². The van der Waals surface area contributed by atoms with Gasteiger partial charge >= 0.3 is 5.97 Å². The highest BCUT2D eigenvalue weighted by Gasteiger charge is 2.03. The fraction of sp³-hybridized carbons (Fsp3) is 0.974. The maximum atomic E-state index is 11.9. The van der Waals surface area contributed by atoms with E-state index in [4.69, 9.17) is 4.74 Å². The Labute approximate surface area is 254 Å². The number of esters is 1. The van der Waals surface area contributed by atoms with Gasteiger partial charge in [-0.25, -0.2) is 0 Å². The molecule has 0 aromatic heterocycles. The standard InChI is InChI=1S/C38H76O2/c1-4-5-6-7-8-9-10-11-12-13-14-15-18-21-24-27-30-33-36-40-38(39)35-32-29-26-23-20-17-16-19-22-25-28-31-34-37(2)3/h37H,4-36H2,1-3H3. The molecule has 0 aliphatic carbocycles. The average Bonchev–Trinajstić information content (AvgIpc) is 2.94. The molecule has 0 unspecified atom stereocenters. The van der Waals surface area contributed by atoms with E-state index in [1.54, 1.807) is 0 Å². The van der Waals surface area contributed by atoms with E-state index in [9.17, 15) is 4.79 Å². The van der Waals surface area contributed by atoms with Crippen molar-refractivity contribution < 1.29 is 9.53 Å². The zero-order chi connectivity index (χ0) is 29.2. The molecule has 2 heteroatoms. The number of unbranched alkanes of at least 4 members (excludes halogenated alkanes) is 28. The van der Waals surface area contributed by atoms with Gasteiger partial charge in [0.25, 0.3) is 0 Å². The van der Waals surface area contributed by atoms with E-state index in [1.165, 1.54) is 186 Å². The van der Waals surface area contributed by atoms with Crippen molar-refractivity contribution in [1.29, 1.82) is 0 Å². The Morgan fingerprint density at radius 1 is 0.425 bits per heavy atom. The van der Waals surface area contributed by atoms with Crippen molar-refractivity contribution in [3.8, 4) is 0 Å². The van der Waals surface area contributed by atoms with Gasteiger partial charge in [0.2, 0.25) is 0 Å². The van der Waals surface area contributed by atoms with Crippen LogP contribution in [0.2, 0.25) is 0 Å². The van der Waals surface area contributed by atoms with Gasteiger partial charge < -0.3 is 4.74 Å². The van der Waals surface area contributed by atoms with Gasteiger partial charge in [-0.05, 0) is 18.8 Å². The minimum Gasteiger partial charge on any atom is -0.466 e. The van der Waals surface area contributed by atoms with Crippen molar-refractivity contribution in [2.75, 3.05) is 6.61 Å². The van der Waals surface area contributed by atoms with Crippen LogP contribution in [-0.2, 0) is 9.53 Å². The van der Waals surface area contributed by atoms with Crippen LogP contribution < -0.4 is 0 Å². The van der Waals surface area contributed by atoms with Gasteiger partial charge in [-0.15, -0.1) is 0 Å². The topological polar surface area (TPSA) is 26.3 Å². The Balaban J connectivity index is 3.15. The predicted octanol–water partition coefficient (Wildman–Crippen LogP) is 13.7. The van der Waals surface area contributed by atoms with E-state index in [0.29, 0.717) is 13.0 Å². The van der Waals surface area contributed by atoms with E-state index in [2.05, 4.69) is 20.8 Å². The molecule has 0 rings (SSSR count). The van der Waals surface area contributed by atoms with Gasteiger partial charge in [0, 0.05) is 6.42 Å². The molecule has 0 saturated carbocycles. The van der Waals surface area contributed by atoms with Crippen molar-refractivity contribution in [3.05, 3.63) is 0 Å². The SMILES string of the molecule is CCCCCCCCCCCCCCCCCCCCOC(=O)CCCCCCCCCCCCCCC(C)C. The molecule has 0 atom stereocenters. The summed E-state index contributed by atoms with van der Waals surface area (Å²) in [5.74, 6) is 0.898. The maximum absolute atomic E-state index is 11.9. The third-order valence-corrected chi connectivity index (χ3v) is 8.67. The van der Waals surface area contributed by atoms with Gasteiger partial charge in [-0.2, -0.15) is 0 Å². The third-order valence-electron chi connectivity index (χ3n) is 8.67. The summed E-state index contributed by atoms with van der Waals surface area (Å²) in [6.07, 6.45) is 43.1. The smallest absolute Gasteiger partial charge is 0.305 e. The Kier molecular flexibility index (Phi) is 34.2. The minimum atomic E-state index is 0.0281. The Morgan fingerprint density at radius 3 is 1.07 bits per heavy atom. The van der Waals surface area contributed by atoms with Crippen LogP contribution in [0.15, 0.2) is 0 Å². The lowest BCUT2D eigenvalue weighted by atomic mass is 10.0. The molecule has 0 heterocycles. The van der Waals surface area contributed by atoms with Crippen LogP contribution in [-0.4, -0.2) is 12.6 Å². The number of hydrogen-bond acceptors (Lipinski definition) is 2. The normalized spacial score (nSPS) is 11.5. The molecule has 0 saturated heterocycles. The van der Waals surface area contributed by atoms with Gasteiger partial charge in [0.05, 0.1) is 6.61 Å². The quantitative estimate of drug-likeness (QED) is 0.0574. The molecule has 0 amide bonds. The van der Waals surface area contributed by atoms with Crippen LogP contribution in [0.25, 0.3) is 0 Å². The number of rotatable bonds is 34. The van der Waals surface area contributed by atoms with Crippen LogP contribution in [0.1, 0.15) is 226 Å². The predicted molar refractivity (Wildman–Crippen MR) is 179 cm³/mol.